The highest BCUT2D eigenvalue weighted by atomic mass is 35.5. The molecule has 0 aliphatic carbocycles. The number of hydrogen-bond donors (Lipinski definition) is 2. The van der Waals surface area contributed by atoms with Gasteiger partial charge in [-0.2, -0.15) is 5.10 Å². The van der Waals surface area contributed by atoms with Gasteiger partial charge in [0.05, 0.1) is 34.4 Å². The van der Waals surface area contributed by atoms with Gasteiger partial charge in [-0.3, -0.25) is 9.89 Å². The van der Waals surface area contributed by atoms with Gasteiger partial charge in [-0.05, 0) is 37.1 Å². The maximum atomic E-state index is 13.6. The SMILES string of the molecule is Cl.Cl.O=C(C(c1ccc(Cl)cc1)C1CCCN1)N1CCN(c2c(Cl)cnc3[nH]ncc23)CC1. The number of amides is 1. The zero-order valence-electron chi connectivity index (χ0n) is 17.8. The Balaban J connectivity index is 0.00000153. The predicted octanol–water partition coefficient (Wildman–Crippen LogP) is 4.29. The second-order valence-electron chi connectivity index (χ2n) is 8.13. The third-order valence-electron chi connectivity index (χ3n) is 6.31. The third kappa shape index (κ3) is 5.17. The second kappa shape index (κ2) is 11.1. The Morgan fingerprint density at radius 1 is 1.06 bits per heavy atom. The zero-order chi connectivity index (χ0) is 21.4. The normalized spacial score (nSPS) is 19.2. The lowest BCUT2D eigenvalue weighted by Crippen LogP contribution is -2.52. The summed E-state index contributed by atoms with van der Waals surface area (Å²) < 4.78 is 0. The molecule has 1 amide bonds. The highest BCUT2D eigenvalue weighted by Crippen LogP contribution is 2.34. The van der Waals surface area contributed by atoms with Crippen LogP contribution in [-0.4, -0.2) is 64.8 Å². The molecule has 178 valence electrons. The van der Waals surface area contributed by atoms with E-state index in [-0.39, 0.29) is 42.7 Å². The van der Waals surface area contributed by atoms with Gasteiger partial charge < -0.3 is 15.1 Å². The smallest absolute Gasteiger partial charge is 0.231 e. The number of fused-ring (bicyclic) bond motifs is 1. The van der Waals surface area contributed by atoms with Crippen LogP contribution in [0.15, 0.2) is 36.7 Å². The van der Waals surface area contributed by atoms with Crippen molar-refractivity contribution in [1.29, 1.82) is 0 Å². The van der Waals surface area contributed by atoms with Crippen LogP contribution in [0, 0.1) is 0 Å². The Labute approximate surface area is 215 Å². The molecule has 3 aromatic rings. The van der Waals surface area contributed by atoms with Crippen molar-refractivity contribution in [3.63, 3.8) is 0 Å². The molecule has 2 unspecified atom stereocenters. The number of carbonyl (C=O) groups is 1. The highest BCUT2D eigenvalue weighted by molar-refractivity contribution is 6.34. The number of piperazine rings is 1. The summed E-state index contributed by atoms with van der Waals surface area (Å²) in [4.78, 5) is 22.1. The van der Waals surface area contributed by atoms with Gasteiger partial charge in [-0.1, -0.05) is 35.3 Å². The fourth-order valence-electron chi connectivity index (χ4n) is 4.74. The summed E-state index contributed by atoms with van der Waals surface area (Å²) >= 11 is 12.6. The molecule has 2 N–H and O–H groups in total. The van der Waals surface area contributed by atoms with Gasteiger partial charge in [0, 0.05) is 37.2 Å². The number of aromatic amines is 1. The lowest BCUT2D eigenvalue weighted by molar-refractivity contribution is -0.133. The van der Waals surface area contributed by atoms with Crippen molar-refractivity contribution < 1.29 is 4.79 Å². The van der Waals surface area contributed by atoms with Gasteiger partial charge >= 0.3 is 0 Å². The lowest BCUT2D eigenvalue weighted by Gasteiger charge is -2.39. The number of nitrogens with zero attached hydrogens (tertiary/aromatic N) is 4. The Kier molecular flexibility index (Phi) is 8.70. The van der Waals surface area contributed by atoms with Gasteiger partial charge in [-0.25, -0.2) is 4.98 Å². The molecule has 0 radical (unpaired) electrons. The van der Waals surface area contributed by atoms with Crippen molar-refractivity contribution in [3.05, 3.63) is 52.3 Å². The molecule has 2 aliphatic heterocycles. The maximum Gasteiger partial charge on any atom is 0.231 e. The van der Waals surface area contributed by atoms with Crippen LogP contribution in [0.2, 0.25) is 10.0 Å². The van der Waals surface area contributed by atoms with Crippen LogP contribution in [0.5, 0.6) is 0 Å². The summed E-state index contributed by atoms with van der Waals surface area (Å²) in [5.41, 5.74) is 2.67. The number of pyridine rings is 1. The molecule has 4 heterocycles. The number of carbonyl (C=O) groups excluding carboxylic acids is 1. The van der Waals surface area contributed by atoms with Gasteiger partial charge in [0.25, 0.3) is 0 Å². The summed E-state index contributed by atoms with van der Waals surface area (Å²) in [6, 6.07) is 7.85. The second-order valence-corrected chi connectivity index (χ2v) is 8.98. The van der Waals surface area contributed by atoms with Gasteiger partial charge in [0.1, 0.15) is 0 Å². The van der Waals surface area contributed by atoms with E-state index in [4.69, 9.17) is 23.2 Å². The van der Waals surface area contributed by atoms with Crippen molar-refractivity contribution in [2.45, 2.75) is 24.8 Å². The van der Waals surface area contributed by atoms with E-state index in [1.807, 2.05) is 29.2 Å². The molecular formula is C22H26Cl4N6O. The predicted molar refractivity (Wildman–Crippen MR) is 137 cm³/mol. The summed E-state index contributed by atoms with van der Waals surface area (Å²) in [5.74, 6) is -0.0212. The van der Waals surface area contributed by atoms with Crippen LogP contribution in [0.3, 0.4) is 0 Å². The Bertz CT molecular complexity index is 1080. The number of rotatable bonds is 4. The average Bonchev–Trinajstić information content (AvgIpc) is 3.48. The number of benzene rings is 1. The minimum absolute atomic E-state index is 0. The van der Waals surface area contributed by atoms with Crippen LogP contribution >= 0.6 is 48.0 Å². The lowest BCUT2D eigenvalue weighted by atomic mass is 9.89. The topological polar surface area (TPSA) is 77.2 Å². The van der Waals surface area contributed by atoms with Crippen molar-refractivity contribution in [1.82, 2.24) is 25.4 Å². The monoisotopic (exact) mass is 530 g/mol. The first-order valence-corrected chi connectivity index (χ1v) is 11.4. The molecule has 2 aromatic heterocycles. The summed E-state index contributed by atoms with van der Waals surface area (Å²) in [7, 11) is 0. The Morgan fingerprint density at radius 2 is 1.79 bits per heavy atom. The summed E-state index contributed by atoms with van der Waals surface area (Å²) in [5, 5.41) is 12.7. The van der Waals surface area contributed by atoms with Crippen LogP contribution in [-0.2, 0) is 4.79 Å². The van der Waals surface area contributed by atoms with E-state index in [1.54, 1.807) is 12.4 Å². The molecule has 0 spiro atoms. The fourth-order valence-corrected chi connectivity index (χ4v) is 5.14. The molecule has 33 heavy (non-hydrogen) atoms. The van der Waals surface area contributed by atoms with Crippen LogP contribution in [0.1, 0.15) is 24.3 Å². The van der Waals surface area contributed by atoms with Gasteiger partial charge in [0.2, 0.25) is 5.91 Å². The van der Waals surface area contributed by atoms with Crippen LogP contribution in [0.4, 0.5) is 5.69 Å². The number of halogens is 4. The molecule has 7 nitrogen and oxygen atoms in total. The highest BCUT2D eigenvalue weighted by Gasteiger charge is 2.36. The molecule has 2 fully saturated rings. The zero-order valence-corrected chi connectivity index (χ0v) is 21.0. The minimum atomic E-state index is -0.198. The van der Waals surface area contributed by atoms with Crippen molar-refractivity contribution in [3.8, 4) is 0 Å². The molecule has 1 aromatic carbocycles. The standard InChI is InChI=1S/C22H24Cl2N6O.2ClH/c23-15-5-3-14(4-6-15)19(18-2-1-7-25-18)22(31)30-10-8-29(9-11-30)20-16-12-27-28-21(16)26-13-17(20)24;;/h3-6,12-13,18-19,25H,1-2,7-11H2,(H,26,27,28);2*1H. The molecule has 2 aliphatic rings. The first kappa shape index (κ1) is 25.8. The molecular weight excluding hydrogens is 506 g/mol. The summed E-state index contributed by atoms with van der Waals surface area (Å²) in [6.07, 6.45) is 5.50. The molecule has 0 saturated carbocycles. The van der Waals surface area contributed by atoms with E-state index in [2.05, 4.69) is 25.4 Å². The summed E-state index contributed by atoms with van der Waals surface area (Å²) in [6.45, 7) is 3.67. The number of H-pyrrole nitrogens is 1. The number of hydrogen-bond acceptors (Lipinski definition) is 5. The number of aromatic nitrogens is 3. The van der Waals surface area contributed by atoms with E-state index >= 15 is 0 Å². The van der Waals surface area contributed by atoms with Crippen LogP contribution in [0.25, 0.3) is 11.0 Å². The van der Waals surface area contributed by atoms with E-state index in [1.165, 1.54) is 0 Å². The molecule has 2 saturated heterocycles. The van der Waals surface area contributed by atoms with E-state index < -0.39 is 0 Å². The van der Waals surface area contributed by atoms with Gasteiger partial charge in [0.15, 0.2) is 5.65 Å². The maximum absolute atomic E-state index is 13.6. The minimum Gasteiger partial charge on any atom is -0.366 e. The van der Waals surface area contributed by atoms with Crippen LogP contribution < -0.4 is 10.2 Å². The van der Waals surface area contributed by atoms with E-state index in [9.17, 15) is 4.79 Å². The molecule has 0 bridgehead atoms. The fraction of sp³-hybridized carbons (Fsp3) is 0.409. The first-order valence-electron chi connectivity index (χ1n) is 10.6. The Morgan fingerprint density at radius 3 is 2.45 bits per heavy atom. The quantitative estimate of drug-likeness (QED) is 0.525. The van der Waals surface area contributed by atoms with E-state index in [0.717, 1.165) is 36.0 Å². The van der Waals surface area contributed by atoms with Crippen molar-refractivity contribution in [2.75, 3.05) is 37.6 Å². The average molecular weight is 532 g/mol. The van der Waals surface area contributed by atoms with Gasteiger partial charge in [-0.15, -0.1) is 24.8 Å². The molecule has 2 atom stereocenters. The van der Waals surface area contributed by atoms with Crippen molar-refractivity contribution >= 4 is 70.6 Å². The Hall–Kier alpha value is -1.77. The third-order valence-corrected chi connectivity index (χ3v) is 6.84. The largest absolute Gasteiger partial charge is 0.366 e. The van der Waals surface area contributed by atoms with E-state index in [0.29, 0.717) is 41.9 Å². The number of nitrogens with one attached hydrogen (secondary N) is 2. The first-order chi connectivity index (χ1) is 15.1. The number of anilines is 1. The van der Waals surface area contributed by atoms with Crippen molar-refractivity contribution in [2.24, 2.45) is 0 Å². The molecule has 5 rings (SSSR count). The molecule has 11 heteroatoms.